The molecule has 1 unspecified atom stereocenters. The summed E-state index contributed by atoms with van der Waals surface area (Å²) in [4.78, 5) is 0. The molecule has 0 aromatic heterocycles. The predicted octanol–water partition coefficient (Wildman–Crippen LogP) is 4.29. The molecule has 0 aliphatic rings. The average molecular weight is 289 g/mol. The molecular weight excluding hydrogens is 268 g/mol. The number of benzene rings is 2. The van der Waals surface area contributed by atoms with Gasteiger partial charge in [-0.1, -0.05) is 49.4 Å². The van der Waals surface area contributed by atoms with Crippen molar-refractivity contribution in [2.75, 3.05) is 13.1 Å². The second-order valence-electron chi connectivity index (χ2n) is 5.23. The maximum atomic E-state index is 13.9. The third kappa shape index (κ3) is 4.36. The highest BCUT2D eigenvalue weighted by molar-refractivity contribution is 5.26. The molecule has 0 bridgehead atoms. The molecule has 0 aliphatic heterocycles. The minimum atomic E-state index is -0.777. The van der Waals surface area contributed by atoms with Gasteiger partial charge in [0.25, 0.3) is 0 Å². The lowest BCUT2D eigenvalue weighted by Gasteiger charge is -2.18. The average Bonchev–Trinajstić information content (AvgIpc) is 2.51. The van der Waals surface area contributed by atoms with Gasteiger partial charge < -0.3 is 5.32 Å². The van der Waals surface area contributed by atoms with Crippen LogP contribution >= 0.6 is 0 Å². The fraction of sp³-hybridized carbons (Fsp3) is 0.333. The summed E-state index contributed by atoms with van der Waals surface area (Å²) in [5, 5.41) is 3.37. The third-order valence-corrected chi connectivity index (χ3v) is 3.59. The van der Waals surface area contributed by atoms with Gasteiger partial charge in [-0.05, 0) is 36.6 Å². The lowest BCUT2D eigenvalue weighted by molar-refractivity contribution is 0.489. The van der Waals surface area contributed by atoms with Crippen LogP contribution < -0.4 is 5.32 Å². The fourth-order valence-electron chi connectivity index (χ4n) is 2.46. The molecule has 0 spiro atoms. The smallest absolute Gasteiger partial charge is 0.162 e. The summed E-state index contributed by atoms with van der Waals surface area (Å²) >= 11 is 0. The monoisotopic (exact) mass is 289 g/mol. The van der Waals surface area contributed by atoms with Crippen LogP contribution in [0.3, 0.4) is 0 Å². The Morgan fingerprint density at radius 2 is 1.76 bits per heavy atom. The van der Waals surface area contributed by atoms with Crippen LogP contribution in [0.5, 0.6) is 0 Å². The Morgan fingerprint density at radius 3 is 2.48 bits per heavy atom. The highest BCUT2D eigenvalue weighted by Crippen LogP contribution is 2.23. The predicted molar refractivity (Wildman–Crippen MR) is 82.4 cm³/mol. The van der Waals surface area contributed by atoms with Crippen LogP contribution in [0.15, 0.2) is 48.5 Å². The lowest BCUT2D eigenvalue weighted by Crippen LogP contribution is -2.24. The molecule has 1 nitrogen and oxygen atoms in total. The van der Waals surface area contributed by atoms with Crippen molar-refractivity contribution >= 4 is 0 Å². The summed E-state index contributed by atoms with van der Waals surface area (Å²) in [6.45, 7) is 3.79. The standard InChI is InChI=1S/C18H21F2N/c1-2-11-21-13-16(14-7-4-3-5-8-14)12-15-9-6-10-17(19)18(15)20/h3-10,16,21H,2,11-13H2,1H3. The second-order valence-corrected chi connectivity index (χ2v) is 5.23. The zero-order chi connectivity index (χ0) is 15.1. The zero-order valence-corrected chi connectivity index (χ0v) is 12.3. The summed E-state index contributed by atoms with van der Waals surface area (Å²) in [6, 6.07) is 14.4. The number of nitrogens with one attached hydrogen (secondary N) is 1. The van der Waals surface area contributed by atoms with Crippen molar-refractivity contribution in [2.24, 2.45) is 0 Å². The zero-order valence-electron chi connectivity index (χ0n) is 12.3. The molecule has 0 amide bonds. The normalized spacial score (nSPS) is 12.3. The van der Waals surface area contributed by atoms with Crippen molar-refractivity contribution in [3.05, 3.63) is 71.3 Å². The van der Waals surface area contributed by atoms with E-state index in [4.69, 9.17) is 0 Å². The minimum Gasteiger partial charge on any atom is -0.316 e. The molecule has 2 rings (SSSR count). The fourth-order valence-corrected chi connectivity index (χ4v) is 2.46. The summed E-state index contributed by atoms with van der Waals surface area (Å²) in [7, 11) is 0. The van der Waals surface area contributed by atoms with Gasteiger partial charge in [-0.2, -0.15) is 0 Å². The van der Waals surface area contributed by atoms with Gasteiger partial charge in [0.15, 0.2) is 11.6 Å². The molecule has 0 radical (unpaired) electrons. The maximum absolute atomic E-state index is 13.9. The first kappa shape index (κ1) is 15.6. The second kappa shape index (κ2) is 7.89. The van der Waals surface area contributed by atoms with Crippen molar-refractivity contribution in [3.8, 4) is 0 Å². The van der Waals surface area contributed by atoms with E-state index < -0.39 is 11.6 Å². The topological polar surface area (TPSA) is 12.0 Å². The first-order chi connectivity index (χ1) is 10.2. The summed E-state index contributed by atoms with van der Waals surface area (Å²) in [5.41, 5.74) is 1.58. The molecule has 0 saturated heterocycles. The Hall–Kier alpha value is -1.74. The van der Waals surface area contributed by atoms with E-state index in [0.29, 0.717) is 12.0 Å². The van der Waals surface area contributed by atoms with Crippen molar-refractivity contribution < 1.29 is 8.78 Å². The first-order valence-corrected chi connectivity index (χ1v) is 7.41. The molecule has 0 saturated carbocycles. The van der Waals surface area contributed by atoms with Gasteiger partial charge in [0.1, 0.15) is 0 Å². The first-order valence-electron chi connectivity index (χ1n) is 7.41. The SMILES string of the molecule is CCCNCC(Cc1cccc(F)c1F)c1ccccc1. The Kier molecular flexibility index (Phi) is 5.88. The van der Waals surface area contributed by atoms with Crippen molar-refractivity contribution in [1.29, 1.82) is 0 Å². The van der Waals surface area contributed by atoms with Gasteiger partial charge in [0.2, 0.25) is 0 Å². The Balaban J connectivity index is 2.17. The van der Waals surface area contributed by atoms with Crippen LogP contribution in [0.25, 0.3) is 0 Å². The highest BCUT2D eigenvalue weighted by atomic mass is 19.2. The van der Waals surface area contributed by atoms with Crippen molar-refractivity contribution in [3.63, 3.8) is 0 Å². The van der Waals surface area contributed by atoms with Crippen LogP contribution in [0.1, 0.15) is 30.4 Å². The number of hydrogen-bond acceptors (Lipinski definition) is 1. The number of halogens is 2. The van der Waals surface area contributed by atoms with E-state index in [9.17, 15) is 8.78 Å². The summed E-state index contributed by atoms with van der Waals surface area (Å²) < 4.78 is 27.2. The molecule has 0 fully saturated rings. The summed E-state index contributed by atoms with van der Waals surface area (Å²) in [6.07, 6.45) is 1.54. The van der Waals surface area contributed by atoms with Crippen LogP contribution in [0.2, 0.25) is 0 Å². The van der Waals surface area contributed by atoms with Crippen LogP contribution in [-0.2, 0) is 6.42 Å². The van der Waals surface area contributed by atoms with Gasteiger partial charge in [-0.15, -0.1) is 0 Å². The molecule has 0 aliphatic carbocycles. The number of rotatable bonds is 7. The minimum absolute atomic E-state index is 0.133. The van der Waals surface area contributed by atoms with Gasteiger partial charge in [-0.3, -0.25) is 0 Å². The highest BCUT2D eigenvalue weighted by Gasteiger charge is 2.16. The molecule has 112 valence electrons. The van der Waals surface area contributed by atoms with E-state index in [-0.39, 0.29) is 5.92 Å². The van der Waals surface area contributed by atoms with Gasteiger partial charge in [-0.25, -0.2) is 8.78 Å². The van der Waals surface area contributed by atoms with E-state index in [0.717, 1.165) is 31.1 Å². The molecule has 21 heavy (non-hydrogen) atoms. The lowest BCUT2D eigenvalue weighted by atomic mass is 9.91. The third-order valence-electron chi connectivity index (χ3n) is 3.59. The largest absolute Gasteiger partial charge is 0.316 e. The Morgan fingerprint density at radius 1 is 1.00 bits per heavy atom. The van der Waals surface area contributed by atoms with Gasteiger partial charge in [0, 0.05) is 12.5 Å². The van der Waals surface area contributed by atoms with Gasteiger partial charge in [0.05, 0.1) is 0 Å². The van der Waals surface area contributed by atoms with Crippen LogP contribution in [0.4, 0.5) is 8.78 Å². The summed E-state index contributed by atoms with van der Waals surface area (Å²) in [5.74, 6) is -1.37. The quantitative estimate of drug-likeness (QED) is 0.750. The van der Waals surface area contributed by atoms with Gasteiger partial charge >= 0.3 is 0 Å². The molecule has 2 aromatic rings. The molecule has 1 atom stereocenters. The molecule has 0 heterocycles. The van der Waals surface area contributed by atoms with E-state index in [1.165, 1.54) is 0 Å². The van der Waals surface area contributed by atoms with Crippen LogP contribution in [-0.4, -0.2) is 13.1 Å². The molecular formula is C18H21F2N. The van der Waals surface area contributed by atoms with Crippen molar-refractivity contribution in [1.82, 2.24) is 5.32 Å². The molecule has 2 aromatic carbocycles. The van der Waals surface area contributed by atoms with E-state index in [1.807, 2.05) is 30.3 Å². The maximum Gasteiger partial charge on any atom is 0.162 e. The Labute approximate surface area is 125 Å². The Bertz CT molecular complexity index is 554. The van der Waals surface area contributed by atoms with Crippen molar-refractivity contribution in [2.45, 2.75) is 25.7 Å². The number of hydrogen-bond donors (Lipinski definition) is 1. The van der Waals surface area contributed by atoms with E-state index in [2.05, 4.69) is 12.2 Å². The molecule has 3 heteroatoms. The van der Waals surface area contributed by atoms with Crippen LogP contribution in [0, 0.1) is 11.6 Å². The molecule has 1 N–H and O–H groups in total. The van der Waals surface area contributed by atoms with E-state index in [1.54, 1.807) is 12.1 Å². The van der Waals surface area contributed by atoms with E-state index >= 15 is 0 Å².